The first kappa shape index (κ1) is 11.9. The topological polar surface area (TPSA) is 33.1 Å². The zero-order chi connectivity index (χ0) is 11.8. The minimum absolute atomic E-state index is 0.177. The van der Waals surface area contributed by atoms with Crippen LogP contribution in [-0.4, -0.2) is 39.6 Å². The molecule has 1 aromatic rings. The Morgan fingerprint density at radius 3 is 2.88 bits per heavy atom. The van der Waals surface area contributed by atoms with Crippen molar-refractivity contribution in [2.45, 2.75) is 25.9 Å². The fourth-order valence-corrected chi connectivity index (χ4v) is 2.20. The maximum Gasteiger partial charge on any atom is 0.128 e. The van der Waals surface area contributed by atoms with Crippen LogP contribution >= 0.6 is 11.6 Å². The molecule has 0 aliphatic carbocycles. The molecule has 0 spiro atoms. The summed E-state index contributed by atoms with van der Waals surface area (Å²) in [6.45, 7) is 8.48. The maximum atomic E-state index is 5.99. The van der Waals surface area contributed by atoms with Gasteiger partial charge >= 0.3 is 0 Å². The lowest BCUT2D eigenvalue weighted by Crippen LogP contribution is -2.57. The van der Waals surface area contributed by atoms with Gasteiger partial charge in [0.2, 0.25) is 0 Å². The predicted molar refractivity (Wildman–Crippen MR) is 65.6 cm³/mol. The van der Waals surface area contributed by atoms with Crippen molar-refractivity contribution in [1.82, 2.24) is 19.8 Å². The fourth-order valence-electron chi connectivity index (χ4n) is 2.06. The number of nitrogens with one attached hydrogen (secondary N) is 1. The van der Waals surface area contributed by atoms with Gasteiger partial charge in [-0.3, -0.25) is 4.90 Å². The van der Waals surface area contributed by atoms with E-state index in [-0.39, 0.29) is 5.54 Å². The van der Waals surface area contributed by atoms with Crippen LogP contribution < -0.4 is 5.32 Å². The highest BCUT2D eigenvalue weighted by Gasteiger charge is 2.30. The van der Waals surface area contributed by atoms with Gasteiger partial charge in [-0.1, -0.05) is 11.6 Å². The van der Waals surface area contributed by atoms with Gasteiger partial charge in [-0.15, -0.1) is 0 Å². The second kappa shape index (κ2) is 4.35. The van der Waals surface area contributed by atoms with E-state index in [9.17, 15) is 0 Å². The molecule has 0 unspecified atom stereocenters. The Hall–Kier alpha value is -0.580. The Balaban J connectivity index is 2.11. The van der Waals surface area contributed by atoms with E-state index in [1.807, 2.05) is 11.6 Å². The minimum atomic E-state index is 0.177. The number of aromatic nitrogens is 2. The highest BCUT2D eigenvalue weighted by atomic mass is 35.5. The van der Waals surface area contributed by atoms with E-state index >= 15 is 0 Å². The number of hydrogen-bond donors (Lipinski definition) is 1. The van der Waals surface area contributed by atoms with E-state index < -0.39 is 0 Å². The fraction of sp³-hybridized carbons (Fsp3) is 0.727. The highest BCUT2D eigenvalue weighted by molar-refractivity contribution is 6.29. The van der Waals surface area contributed by atoms with Crippen molar-refractivity contribution in [2.24, 2.45) is 7.05 Å². The highest BCUT2D eigenvalue weighted by Crippen LogP contribution is 2.20. The summed E-state index contributed by atoms with van der Waals surface area (Å²) in [5, 5.41) is 4.11. The lowest BCUT2D eigenvalue weighted by molar-refractivity contribution is 0.0791. The van der Waals surface area contributed by atoms with Crippen molar-refractivity contribution >= 4 is 11.6 Å². The molecule has 1 fully saturated rings. The van der Waals surface area contributed by atoms with Crippen molar-refractivity contribution in [3.05, 3.63) is 17.2 Å². The van der Waals surface area contributed by atoms with E-state index in [0.717, 1.165) is 32.0 Å². The van der Waals surface area contributed by atoms with Crippen molar-refractivity contribution in [3.63, 3.8) is 0 Å². The molecule has 5 heteroatoms. The van der Waals surface area contributed by atoms with Gasteiger partial charge in [0.1, 0.15) is 11.0 Å². The molecule has 2 rings (SSSR count). The molecule has 0 aromatic carbocycles. The normalized spacial score (nSPS) is 21.2. The Morgan fingerprint density at radius 2 is 2.31 bits per heavy atom. The van der Waals surface area contributed by atoms with Gasteiger partial charge in [0.25, 0.3) is 0 Å². The zero-order valence-electron chi connectivity index (χ0n) is 10.1. The summed E-state index contributed by atoms with van der Waals surface area (Å²) < 4.78 is 1.94. The van der Waals surface area contributed by atoms with E-state index in [2.05, 4.69) is 29.0 Å². The summed E-state index contributed by atoms with van der Waals surface area (Å²) in [5.74, 6) is 1.03. The second-order valence-electron chi connectivity index (χ2n) is 4.97. The molecule has 2 heterocycles. The molecule has 0 bridgehead atoms. The van der Waals surface area contributed by atoms with Crippen molar-refractivity contribution in [2.75, 3.05) is 19.6 Å². The van der Waals surface area contributed by atoms with E-state index in [4.69, 9.17) is 11.6 Å². The van der Waals surface area contributed by atoms with Crippen LogP contribution in [0.5, 0.6) is 0 Å². The van der Waals surface area contributed by atoms with Crippen LogP contribution in [0, 0.1) is 0 Å². The van der Waals surface area contributed by atoms with Gasteiger partial charge in [-0.25, -0.2) is 4.98 Å². The van der Waals surface area contributed by atoms with Crippen LogP contribution in [0.2, 0.25) is 5.15 Å². The molecule has 1 aliphatic rings. The van der Waals surface area contributed by atoms with Crippen LogP contribution in [0.1, 0.15) is 19.7 Å². The number of piperazine rings is 1. The van der Waals surface area contributed by atoms with Crippen LogP contribution in [0.15, 0.2) is 6.20 Å². The Morgan fingerprint density at radius 1 is 1.56 bits per heavy atom. The van der Waals surface area contributed by atoms with Gasteiger partial charge in [0.15, 0.2) is 0 Å². The standard InChI is InChI=1S/C11H19ClN4/c1-11(2)8-13-4-5-16(11)7-10-14-6-9(12)15(10)3/h6,13H,4-5,7-8H2,1-3H3. The molecular weight excluding hydrogens is 224 g/mol. The summed E-state index contributed by atoms with van der Waals surface area (Å²) in [4.78, 5) is 6.79. The van der Waals surface area contributed by atoms with Gasteiger partial charge in [-0.2, -0.15) is 0 Å². The molecule has 16 heavy (non-hydrogen) atoms. The van der Waals surface area contributed by atoms with E-state index in [1.165, 1.54) is 0 Å². The molecule has 4 nitrogen and oxygen atoms in total. The van der Waals surface area contributed by atoms with E-state index in [1.54, 1.807) is 6.20 Å². The van der Waals surface area contributed by atoms with Crippen molar-refractivity contribution < 1.29 is 0 Å². The first-order chi connectivity index (χ1) is 7.50. The van der Waals surface area contributed by atoms with Crippen molar-refractivity contribution in [3.8, 4) is 0 Å². The Bertz CT molecular complexity index is 372. The summed E-state index contributed by atoms with van der Waals surface area (Å²) in [7, 11) is 1.96. The number of imidazole rings is 1. The third-order valence-corrected chi connectivity index (χ3v) is 3.68. The first-order valence-electron chi connectivity index (χ1n) is 5.62. The monoisotopic (exact) mass is 242 g/mol. The average Bonchev–Trinajstić information content (AvgIpc) is 2.53. The summed E-state index contributed by atoms with van der Waals surface area (Å²) in [6, 6.07) is 0. The summed E-state index contributed by atoms with van der Waals surface area (Å²) >= 11 is 5.99. The molecule has 0 atom stereocenters. The first-order valence-corrected chi connectivity index (χ1v) is 6.00. The smallest absolute Gasteiger partial charge is 0.128 e. The summed E-state index contributed by atoms with van der Waals surface area (Å²) in [5.41, 5.74) is 0.177. The lowest BCUT2D eigenvalue weighted by Gasteiger charge is -2.42. The zero-order valence-corrected chi connectivity index (χ0v) is 10.9. The second-order valence-corrected chi connectivity index (χ2v) is 5.35. The lowest BCUT2D eigenvalue weighted by atomic mass is 10.0. The Labute approximate surface area is 102 Å². The third-order valence-electron chi connectivity index (χ3n) is 3.33. The third kappa shape index (κ3) is 2.24. The minimum Gasteiger partial charge on any atom is -0.321 e. The number of halogens is 1. The summed E-state index contributed by atoms with van der Waals surface area (Å²) in [6.07, 6.45) is 1.71. The number of nitrogens with zero attached hydrogens (tertiary/aromatic N) is 3. The number of hydrogen-bond acceptors (Lipinski definition) is 3. The SMILES string of the molecule is Cn1c(Cl)cnc1CN1CCNCC1(C)C. The molecule has 0 amide bonds. The molecule has 1 saturated heterocycles. The largest absolute Gasteiger partial charge is 0.321 e. The molecule has 1 N–H and O–H groups in total. The van der Waals surface area contributed by atoms with Crippen LogP contribution in [0.3, 0.4) is 0 Å². The predicted octanol–water partition coefficient (Wildman–Crippen LogP) is 1.26. The average molecular weight is 243 g/mol. The van der Waals surface area contributed by atoms with Crippen molar-refractivity contribution in [1.29, 1.82) is 0 Å². The van der Waals surface area contributed by atoms with Crippen LogP contribution in [0.25, 0.3) is 0 Å². The molecule has 0 saturated carbocycles. The van der Waals surface area contributed by atoms with Gasteiger partial charge in [-0.05, 0) is 13.8 Å². The number of rotatable bonds is 2. The van der Waals surface area contributed by atoms with E-state index in [0.29, 0.717) is 5.15 Å². The maximum absolute atomic E-state index is 5.99. The molecule has 90 valence electrons. The molecule has 1 aromatic heterocycles. The Kier molecular flexibility index (Phi) is 3.24. The molecule has 0 radical (unpaired) electrons. The van der Waals surface area contributed by atoms with Gasteiger partial charge in [0.05, 0.1) is 12.7 Å². The quantitative estimate of drug-likeness (QED) is 0.848. The van der Waals surface area contributed by atoms with Crippen LogP contribution in [0.4, 0.5) is 0 Å². The molecular formula is C11H19ClN4. The molecule has 1 aliphatic heterocycles. The van der Waals surface area contributed by atoms with Crippen LogP contribution in [-0.2, 0) is 13.6 Å². The van der Waals surface area contributed by atoms with Gasteiger partial charge < -0.3 is 9.88 Å². The van der Waals surface area contributed by atoms with Gasteiger partial charge in [0, 0.05) is 32.2 Å².